The SMILES string of the molecule is C=CCN1C[C@H](C)N([C@H](c2ccc(C#N)cc2)c2cccc(OC)c2)C[C@H]1C. The molecule has 0 saturated carbocycles. The predicted molar refractivity (Wildman–Crippen MR) is 113 cm³/mol. The first-order valence-electron chi connectivity index (χ1n) is 9.82. The lowest BCUT2D eigenvalue weighted by molar-refractivity contribution is 0.0306. The van der Waals surface area contributed by atoms with Gasteiger partial charge >= 0.3 is 0 Å². The molecule has 0 aromatic heterocycles. The van der Waals surface area contributed by atoms with Crippen LogP contribution in [0.4, 0.5) is 0 Å². The monoisotopic (exact) mass is 375 g/mol. The Morgan fingerprint density at radius 2 is 1.89 bits per heavy atom. The quantitative estimate of drug-likeness (QED) is 0.708. The van der Waals surface area contributed by atoms with Crippen molar-refractivity contribution in [3.8, 4) is 11.8 Å². The first-order chi connectivity index (χ1) is 13.6. The van der Waals surface area contributed by atoms with Crippen LogP contribution in [0.1, 0.15) is 36.6 Å². The molecule has 4 nitrogen and oxygen atoms in total. The average Bonchev–Trinajstić information content (AvgIpc) is 2.72. The second-order valence-corrected chi connectivity index (χ2v) is 7.55. The fourth-order valence-electron chi connectivity index (χ4n) is 4.13. The molecule has 1 fully saturated rings. The Morgan fingerprint density at radius 3 is 2.54 bits per heavy atom. The van der Waals surface area contributed by atoms with Gasteiger partial charge in [-0.25, -0.2) is 0 Å². The molecule has 0 N–H and O–H groups in total. The third-order valence-electron chi connectivity index (χ3n) is 5.62. The van der Waals surface area contributed by atoms with Crippen LogP contribution in [0.25, 0.3) is 0 Å². The molecule has 146 valence electrons. The standard InChI is InChI=1S/C24H29N3O/c1-5-13-26-16-19(3)27(17-18(26)2)24(21-11-9-20(15-25)10-12-21)22-7-6-8-23(14-22)28-4/h5-12,14,18-19,24H,1,13,16-17H2,2-4H3/t18-,19+,24-/m1/s1. The van der Waals surface area contributed by atoms with E-state index in [2.05, 4.69) is 60.6 Å². The van der Waals surface area contributed by atoms with E-state index in [0.717, 1.165) is 25.4 Å². The van der Waals surface area contributed by atoms with Crippen LogP contribution in [0.2, 0.25) is 0 Å². The normalized spacial score (nSPS) is 21.6. The molecule has 0 spiro atoms. The van der Waals surface area contributed by atoms with E-state index in [1.807, 2.05) is 30.3 Å². The fourth-order valence-corrected chi connectivity index (χ4v) is 4.13. The van der Waals surface area contributed by atoms with Crippen LogP contribution >= 0.6 is 0 Å². The van der Waals surface area contributed by atoms with Crippen molar-refractivity contribution >= 4 is 0 Å². The molecule has 0 bridgehead atoms. The zero-order chi connectivity index (χ0) is 20.1. The molecule has 4 heteroatoms. The summed E-state index contributed by atoms with van der Waals surface area (Å²) in [7, 11) is 1.70. The summed E-state index contributed by atoms with van der Waals surface area (Å²) in [6, 6.07) is 19.5. The summed E-state index contributed by atoms with van der Waals surface area (Å²) < 4.78 is 5.48. The number of nitriles is 1. The maximum Gasteiger partial charge on any atom is 0.119 e. The summed E-state index contributed by atoms with van der Waals surface area (Å²) in [6.07, 6.45) is 1.99. The molecule has 0 radical (unpaired) electrons. The Labute approximate surface area is 168 Å². The molecule has 1 aliphatic rings. The molecule has 2 aromatic rings. The predicted octanol–water partition coefficient (Wildman–Crippen LogP) is 4.24. The zero-order valence-corrected chi connectivity index (χ0v) is 17.0. The lowest BCUT2D eigenvalue weighted by atomic mass is 9.93. The van der Waals surface area contributed by atoms with Crippen LogP contribution < -0.4 is 4.74 Å². The summed E-state index contributed by atoms with van der Waals surface area (Å²) in [5.41, 5.74) is 3.09. The molecule has 0 amide bonds. The number of methoxy groups -OCH3 is 1. The summed E-state index contributed by atoms with van der Waals surface area (Å²) in [5, 5.41) is 9.17. The van der Waals surface area contributed by atoms with Crippen LogP contribution in [0, 0.1) is 11.3 Å². The van der Waals surface area contributed by atoms with Crippen LogP contribution in [-0.2, 0) is 0 Å². The first-order valence-corrected chi connectivity index (χ1v) is 9.82. The van der Waals surface area contributed by atoms with E-state index in [4.69, 9.17) is 10.00 Å². The van der Waals surface area contributed by atoms with Crippen molar-refractivity contribution in [2.24, 2.45) is 0 Å². The van der Waals surface area contributed by atoms with Gasteiger partial charge in [-0.2, -0.15) is 5.26 Å². The molecular formula is C24H29N3O. The highest BCUT2D eigenvalue weighted by Crippen LogP contribution is 2.34. The number of hydrogen-bond donors (Lipinski definition) is 0. The fraction of sp³-hybridized carbons (Fsp3) is 0.375. The smallest absolute Gasteiger partial charge is 0.119 e. The Morgan fingerprint density at radius 1 is 1.14 bits per heavy atom. The average molecular weight is 376 g/mol. The summed E-state index contributed by atoms with van der Waals surface area (Å²) >= 11 is 0. The Balaban J connectivity index is 2.00. The molecule has 1 heterocycles. The Bertz CT molecular complexity index is 840. The van der Waals surface area contributed by atoms with Crippen LogP contribution in [0.5, 0.6) is 5.75 Å². The highest BCUT2D eigenvalue weighted by atomic mass is 16.5. The van der Waals surface area contributed by atoms with Gasteiger partial charge in [0.15, 0.2) is 0 Å². The molecule has 0 unspecified atom stereocenters. The minimum Gasteiger partial charge on any atom is -0.497 e. The third kappa shape index (κ3) is 4.27. The summed E-state index contributed by atoms with van der Waals surface area (Å²) in [5.74, 6) is 0.863. The Kier molecular flexibility index (Phi) is 6.51. The van der Waals surface area contributed by atoms with E-state index in [0.29, 0.717) is 17.6 Å². The zero-order valence-electron chi connectivity index (χ0n) is 17.0. The number of hydrogen-bond acceptors (Lipinski definition) is 4. The van der Waals surface area contributed by atoms with E-state index in [9.17, 15) is 0 Å². The van der Waals surface area contributed by atoms with Crippen molar-refractivity contribution < 1.29 is 4.74 Å². The highest BCUT2D eigenvalue weighted by Gasteiger charge is 2.34. The van der Waals surface area contributed by atoms with E-state index >= 15 is 0 Å². The van der Waals surface area contributed by atoms with Crippen molar-refractivity contribution in [1.29, 1.82) is 5.26 Å². The maximum atomic E-state index is 9.17. The van der Waals surface area contributed by atoms with Gasteiger partial charge in [-0.1, -0.05) is 30.3 Å². The van der Waals surface area contributed by atoms with Gasteiger partial charge in [-0.15, -0.1) is 6.58 Å². The number of ether oxygens (including phenoxy) is 1. The van der Waals surface area contributed by atoms with Gasteiger partial charge in [0, 0.05) is 31.7 Å². The van der Waals surface area contributed by atoms with Gasteiger partial charge in [0.05, 0.1) is 24.8 Å². The van der Waals surface area contributed by atoms with Crippen molar-refractivity contribution in [3.05, 3.63) is 77.9 Å². The van der Waals surface area contributed by atoms with Gasteiger partial charge in [-0.05, 0) is 49.2 Å². The van der Waals surface area contributed by atoms with Gasteiger partial charge in [0.1, 0.15) is 5.75 Å². The molecular weight excluding hydrogens is 346 g/mol. The summed E-state index contributed by atoms with van der Waals surface area (Å²) in [6.45, 7) is 11.4. The van der Waals surface area contributed by atoms with E-state index in [1.165, 1.54) is 11.1 Å². The lowest BCUT2D eigenvalue weighted by Crippen LogP contribution is -2.57. The lowest BCUT2D eigenvalue weighted by Gasteiger charge is -2.47. The minimum atomic E-state index is 0.117. The van der Waals surface area contributed by atoms with Crippen LogP contribution in [0.3, 0.4) is 0 Å². The van der Waals surface area contributed by atoms with Crippen molar-refractivity contribution in [3.63, 3.8) is 0 Å². The van der Waals surface area contributed by atoms with Gasteiger partial charge in [0.2, 0.25) is 0 Å². The first kappa shape index (κ1) is 20.1. The van der Waals surface area contributed by atoms with E-state index in [-0.39, 0.29) is 6.04 Å². The van der Waals surface area contributed by atoms with Gasteiger partial charge < -0.3 is 4.74 Å². The topological polar surface area (TPSA) is 39.5 Å². The molecule has 1 aliphatic heterocycles. The maximum absolute atomic E-state index is 9.17. The van der Waals surface area contributed by atoms with Crippen molar-refractivity contribution in [2.75, 3.05) is 26.7 Å². The number of rotatable bonds is 6. The number of benzene rings is 2. The Hall–Kier alpha value is -2.61. The molecule has 3 rings (SSSR count). The van der Waals surface area contributed by atoms with E-state index in [1.54, 1.807) is 7.11 Å². The largest absolute Gasteiger partial charge is 0.497 e. The second kappa shape index (κ2) is 9.05. The van der Waals surface area contributed by atoms with Crippen LogP contribution in [-0.4, -0.2) is 48.6 Å². The number of piperazine rings is 1. The molecule has 28 heavy (non-hydrogen) atoms. The van der Waals surface area contributed by atoms with Crippen molar-refractivity contribution in [1.82, 2.24) is 9.80 Å². The minimum absolute atomic E-state index is 0.117. The number of nitrogens with zero attached hydrogens (tertiary/aromatic N) is 3. The molecule has 3 atom stereocenters. The molecule has 0 aliphatic carbocycles. The molecule has 2 aromatic carbocycles. The third-order valence-corrected chi connectivity index (χ3v) is 5.62. The van der Waals surface area contributed by atoms with Gasteiger partial charge in [0.25, 0.3) is 0 Å². The van der Waals surface area contributed by atoms with Crippen molar-refractivity contribution in [2.45, 2.75) is 32.0 Å². The van der Waals surface area contributed by atoms with E-state index < -0.39 is 0 Å². The molecule has 1 saturated heterocycles. The highest BCUT2D eigenvalue weighted by molar-refractivity contribution is 5.40. The van der Waals surface area contributed by atoms with Gasteiger partial charge in [-0.3, -0.25) is 9.80 Å². The summed E-state index contributed by atoms with van der Waals surface area (Å²) in [4.78, 5) is 5.05. The van der Waals surface area contributed by atoms with Crippen LogP contribution in [0.15, 0.2) is 61.2 Å². The second-order valence-electron chi connectivity index (χ2n) is 7.55.